The second kappa shape index (κ2) is 5.65. The molecule has 1 aliphatic rings. The minimum Gasteiger partial charge on any atom is -0.380 e. The average molecular weight is 224 g/mol. The van der Waals surface area contributed by atoms with Gasteiger partial charge in [0.2, 0.25) is 0 Å². The molecule has 92 valence electrons. The molecule has 0 spiro atoms. The minimum atomic E-state index is -0.203. The summed E-state index contributed by atoms with van der Waals surface area (Å²) < 4.78 is 5.49. The molecule has 2 unspecified atom stereocenters. The summed E-state index contributed by atoms with van der Waals surface area (Å²) in [6, 6.07) is 2.36. The Kier molecular flexibility index (Phi) is 4.76. The number of hydrogen-bond donors (Lipinski definition) is 0. The number of piperidine rings is 1. The summed E-state index contributed by atoms with van der Waals surface area (Å²) in [4.78, 5) is 2.42. The van der Waals surface area contributed by atoms with Gasteiger partial charge in [0.1, 0.15) is 0 Å². The quantitative estimate of drug-likeness (QED) is 0.735. The van der Waals surface area contributed by atoms with Gasteiger partial charge < -0.3 is 9.64 Å². The normalized spacial score (nSPS) is 27.7. The van der Waals surface area contributed by atoms with Gasteiger partial charge in [0.15, 0.2) is 0 Å². The van der Waals surface area contributed by atoms with Gasteiger partial charge in [0, 0.05) is 13.7 Å². The van der Waals surface area contributed by atoms with E-state index in [1.807, 2.05) is 13.8 Å². The predicted octanol–water partition coefficient (Wildman–Crippen LogP) is 2.28. The molecule has 1 aliphatic heterocycles. The smallest absolute Gasteiger partial charge is 0.0724 e. The van der Waals surface area contributed by atoms with Crippen LogP contribution in [0.2, 0.25) is 0 Å². The highest BCUT2D eigenvalue weighted by atomic mass is 16.5. The van der Waals surface area contributed by atoms with E-state index < -0.39 is 0 Å². The summed E-state index contributed by atoms with van der Waals surface area (Å²) in [5, 5.41) is 8.97. The molecule has 1 fully saturated rings. The van der Waals surface area contributed by atoms with Crippen molar-refractivity contribution in [1.29, 1.82) is 5.26 Å². The Morgan fingerprint density at radius 3 is 2.75 bits per heavy atom. The van der Waals surface area contributed by atoms with Crippen LogP contribution in [0.4, 0.5) is 0 Å². The van der Waals surface area contributed by atoms with Crippen molar-refractivity contribution in [3.63, 3.8) is 0 Å². The average Bonchev–Trinajstić information content (AvgIpc) is 2.28. The lowest BCUT2D eigenvalue weighted by molar-refractivity contribution is -0.00677. The molecule has 1 rings (SSSR count). The van der Waals surface area contributed by atoms with E-state index in [9.17, 15) is 0 Å². The first kappa shape index (κ1) is 13.5. The van der Waals surface area contributed by atoms with Gasteiger partial charge in [-0.1, -0.05) is 6.92 Å². The van der Waals surface area contributed by atoms with Crippen molar-refractivity contribution in [1.82, 2.24) is 4.90 Å². The molecule has 1 heterocycles. The monoisotopic (exact) mass is 224 g/mol. The fourth-order valence-electron chi connectivity index (χ4n) is 2.10. The van der Waals surface area contributed by atoms with E-state index >= 15 is 0 Å². The molecule has 0 amide bonds. The van der Waals surface area contributed by atoms with Gasteiger partial charge in [0.25, 0.3) is 0 Å². The number of rotatable bonds is 4. The van der Waals surface area contributed by atoms with E-state index in [4.69, 9.17) is 10.00 Å². The molecule has 0 N–H and O–H groups in total. The van der Waals surface area contributed by atoms with E-state index in [0.717, 1.165) is 26.1 Å². The maximum Gasteiger partial charge on any atom is 0.0724 e. The first-order valence-electron chi connectivity index (χ1n) is 6.15. The fourth-order valence-corrected chi connectivity index (χ4v) is 2.10. The summed E-state index contributed by atoms with van der Waals surface area (Å²) in [6.45, 7) is 9.43. The standard InChI is InChI=1S/C13H24N2O/c1-11-5-7-15(9-12(11)16-4)8-6-13(2,3)10-14/h11-12H,5-9H2,1-4H3. The summed E-state index contributed by atoms with van der Waals surface area (Å²) in [6.07, 6.45) is 2.50. The second-order valence-corrected chi connectivity index (χ2v) is 5.59. The molecule has 0 saturated carbocycles. The molecule has 0 aliphatic carbocycles. The SMILES string of the molecule is COC1CN(CCC(C)(C)C#N)CCC1C. The predicted molar refractivity (Wildman–Crippen MR) is 65.0 cm³/mol. The summed E-state index contributed by atoms with van der Waals surface area (Å²) >= 11 is 0. The maximum atomic E-state index is 8.97. The third kappa shape index (κ3) is 3.77. The Labute approximate surface area is 99.4 Å². The van der Waals surface area contributed by atoms with Crippen LogP contribution in [0.25, 0.3) is 0 Å². The van der Waals surface area contributed by atoms with E-state index in [0.29, 0.717) is 12.0 Å². The van der Waals surface area contributed by atoms with Gasteiger partial charge >= 0.3 is 0 Å². The van der Waals surface area contributed by atoms with Crippen molar-refractivity contribution in [3.05, 3.63) is 0 Å². The molecule has 0 aromatic heterocycles. The number of nitrogens with zero attached hydrogens (tertiary/aromatic N) is 2. The van der Waals surface area contributed by atoms with Gasteiger partial charge in [-0.2, -0.15) is 5.26 Å². The van der Waals surface area contributed by atoms with Crippen LogP contribution in [0.15, 0.2) is 0 Å². The van der Waals surface area contributed by atoms with Crippen LogP contribution >= 0.6 is 0 Å². The zero-order chi connectivity index (χ0) is 12.2. The molecule has 2 atom stereocenters. The first-order valence-corrected chi connectivity index (χ1v) is 6.15. The summed E-state index contributed by atoms with van der Waals surface area (Å²) in [7, 11) is 1.80. The Hall–Kier alpha value is -0.590. The molecule has 0 bridgehead atoms. The van der Waals surface area contributed by atoms with Crippen LogP contribution < -0.4 is 0 Å². The van der Waals surface area contributed by atoms with Crippen LogP contribution in [0.1, 0.15) is 33.6 Å². The van der Waals surface area contributed by atoms with E-state index in [2.05, 4.69) is 17.9 Å². The maximum absolute atomic E-state index is 8.97. The summed E-state index contributed by atoms with van der Waals surface area (Å²) in [5.74, 6) is 0.658. The zero-order valence-corrected chi connectivity index (χ0v) is 11.0. The van der Waals surface area contributed by atoms with E-state index in [1.165, 1.54) is 6.42 Å². The van der Waals surface area contributed by atoms with Crippen LogP contribution in [0.5, 0.6) is 0 Å². The van der Waals surface area contributed by atoms with Crippen molar-refractivity contribution in [2.45, 2.75) is 39.7 Å². The highest BCUT2D eigenvalue weighted by molar-refractivity contribution is 4.92. The molecule has 0 radical (unpaired) electrons. The molecule has 1 saturated heterocycles. The molecule has 3 nitrogen and oxygen atoms in total. The molecular formula is C13H24N2O. The van der Waals surface area contributed by atoms with Crippen molar-refractivity contribution in [3.8, 4) is 6.07 Å². The van der Waals surface area contributed by atoms with Gasteiger partial charge in [-0.25, -0.2) is 0 Å². The van der Waals surface area contributed by atoms with Crippen molar-refractivity contribution in [2.75, 3.05) is 26.7 Å². The van der Waals surface area contributed by atoms with Crippen LogP contribution in [-0.4, -0.2) is 37.7 Å². The van der Waals surface area contributed by atoms with Gasteiger partial charge in [0.05, 0.1) is 17.6 Å². The van der Waals surface area contributed by atoms with Gasteiger partial charge in [-0.15, -0.1) is 0 Å². The first-order chi connectivity index (χ1) is 7.48. The Balaban J connectivity index is 2.37. The molecule has 3 heteroatoms. The van der Waals surface area contributed by atoms with Crippen LogP contribution in [0.3, 0.4) is 0 Å². The Bertz CT molecular complexity index is 257. The lowest BCUT2D eigenvalue weighted by atomic mass is 9.90. The highest BCUT2D eigenvalue weighted by Crippen LogP contribution is 2.23. The Morgan fingerprint density at radius 1 is 1.50 bits per heavy atom. The van der Waals surface area contributed by atoms with E-state index in [-0.39, 0.29) is 5.41 Å². The van der Waals surface area contributed by atoms with Gasteiger partial charge in [-0.05, 0) is 45.7 Å². The fraction of sp³-hybridized carbons (Fsp3) is 0.923. The third-order valence-electron chi connectivity index (χ3n) is 3.63. The second-order valence-electron chi connectivity index (χ2n) is 5.59. The molecular weight excluding hydrogens is 200 g/mol. The number of nitriles is 1. The van der Waals surface area contributed by atoms with Crippen LogP contribution in [-0.2, 0) is 4.74 Å². The topological polar surface area (TPSA) is 36.3 Å². The van der Waals surface area contributed by atoms with Crippen molar-refractivity contribution >= 4 is 0 Å². The van der Waals surface area contributed by atoms with Gasteiger partial charge in [-0.3, -0.25) is 0 Å². The number of ether oxygens (including phenoxy) is 1. The number of methoxy groups -OCH3 is 1. The molecule has 0 aromatic rings. The van der Waals surface area contributed by atoms with Crippen molar-refractivity contribution in [2.24, 2.45) is 11.3 Å². The zero-order valence-electron chi connectivity index (χ0n) is 11.0. The number of likely N-dealkylation sites (tertiary alicyclic amines) is 1. The highest BCUT2D eigenvalue weighted by Gasteiger charge is 2.27. The lowest BCUT2D eigenvalue weighted by Crippen LogP contribution is -2.44. The summed E-state index contributed by atoms with van der Waals surface area (Å²) in [5.41, 5.74) is -0.203. The number of hydrogen-bond acceptors (Lipinski definition) is 3. The lowest BCUT2D eigenvalue weighted by Gasteiger charge is -2.37. The van der Waals surface area contributed by atoms with Crippen molar-refractivity contribution < 1.29 is 4.74 Å². The van der Waals surface area contributed by atoms with Crippen LogP contribution in [0, 0.1) is 22.7 Å². The Morgan fingerprint density at radius 2 is 2.19 bits per heavy atom. The van der Waals surface area contributed by atoms with E-state index in [1.54, 1.807) is 7.11 Å². The molecule has 0 aromatic carbocycles. The third-order valence-corrected chi connectivity index (χ3v) is 3.63. The molecule has 16 heavy (non-hydrogen) atoms. The largest absolute Gasteiger partial charge is 0.380 e. The minimum absolute atomic E-state index is 0.203.